The van der Waals surface area contributed by atoms with Crippen LogP contribution in [-0.4, -0.2) is 44.7 Å². The lowest BCUT2D eigenvalue weighted by Crippen LogP contribution is -2.45. The van der Waals surface area contributed by atoms with Gasteiger partial charge in [-0.25, -0.2) is 4.79 Å². The van der Waals surface area contributed by atoms with E-state index in [9.17, 15) is 4.79 Å². The summed E-state index contributed by atoms with van der Waals surface area (Å²) < 4.78 is 0.245. The van der Waals surface area contributed by atoms with Gasteiger partial charge in [-0.15, -0.1) is 0 Å². The third-order valence-electron chi connectivity index (χ3n) is 3.58. The molecule has 21 heavy (non-hydrogen) atoms. The Morgan fingerprint density at radius 3 is 3.00 bits per heavy atom. The van der Waals surface area contributed by atoms with Crippen LogP contribution in [0.2, 0.25) is 0 Å². The fourth-order valence-corrected chi connectivity index (χ4v) is 3.40. The van der Waals surface area contributed by atoms with E-state index in [1.165, 1.54) is 6.42 Å². The summed E-state index contributed by atoms with van der Waals surface area (Å²) in [5.41, 5.74) is 1.11. The Morgan fingerprint density at radius 1 is 1.52 bits per heavy atom. The molecule has 0 saturated carbocycles. The number of urea groups is 1. The van der Waals surface area contributed by atoms with Crippen LogP contribution in [0.5, 0.6) is 0 Å². The minimum absolute atomic E-state index is 0.0513. The number of nitrogens with zero attached hydrogens (tertiary/aromatic N) is 2. The van der Waals surface area contributed by atoms with Crippen molar-refractivity contribution in [2.45, 2.75) is 50.8 Å². The van der Waals surface area contributed by atoms with Crippen LogP contribution in [0.15, 0.2) is 12.4 Å². The second kappa shape index (κ2) is 7.20. The Kier molecular flexibility index (Phi) is 5.56. The molecule has 0 aromatic carbocycles. The summed E-state index contributed by atoms with van der Waals surface area (Å²) in [4.78, 5) is 14.4. The molecule has 0 unspecified atom stereocenters. The van der Waals surface area contributed by atoms with Crippen LogP contribution < -0.4 is 5.32 Å². The van der Waals surface area contributed by atoms with Crippen molar-refractivity contribution >= 4 is 17.8 Å². The highest BCUT2D eigenvalue weighted by Crippen LogP contribution is 2.30. The Labute approximate surface area is 131 Å². The summed E-state index contributed by atoms with van der Waals surface area (Å²) in [5.74, 6) is 0.944. The molecule has 1 saturated heterocycles. The molecule has 0 aliphatic carbocycles. The first kappa shape index (κ1) is 16.2. The molecule has 2 N–H and O–H groups in total. The average Bonchev–Trinajstić information content (AvgIpc) is 2.96. The van der Waals surface area contributed by atoms with Crippen molar-refractivity contribution in [3.63, 3.8) is 0 Å². The van der Waals surface area contributed by atoms with E-state index in [0.717, 1.165) is 37.2 Å². The molecule has 1 atom stereocenters. The predicted octanol–water partition coefficient (Wildman–Crippen LogP) is 3.18. The minimum Gasteiger partial charge on any atom is -0.337 e. The van der Waals surface area contributed by atoms with E-state index in [0.29, 0.717) is 0 Å². The highest BCUT2D eigenvalue weighted by atomic mass is 32.2. The molecule has 2 amide bonds. The lowest BCUT2D eigenvalue weighted by atomic mass is 9.98. The highest BCUT2D eigenvalue weighted by Gasteiger charge is 2.28. The van der Waals surface area contributed by atoms with E-state index >= 15 is 0 Å². The van der Waals surface area contributed by atoms with Gasteiger partial charge >= 0.3 is 6.03 Å². The smallest absolute Gasteiger partial charge is 0.317 e. The van der Waals surface area contributed by atoms with Gasteiger partial charge in [0.2, 0.25) is 0 Å². The average molecular weight is 310 g/mol. The lowest BCUT2D eigenvalue weighted by Gasteiger charge is -2.35. The van der Waals surface area contributed by atoms with Crippen molar-refractivity contribution in [3.05, 3.63) is 18.0 Å². The monoisotopic (exact) mass is 310 g/mol. The van der Waals surface area contributed by atoms with E-state index < -0.39 is 0 Å². The van der Waals surface area contributed by atoms with Crippen LogP contribution in [0.25, 0.3) is 0 Å². The van der Waals surface area contributed by atoms with Crippen LogP contribution >= 0.6 is 11.8 Å². The van der Waals surface area contributed by atoms with Crippen molar-refractivity contribution in [3.8, 4) is 0 Å². The van der Waals surface area contributed by atoms with Crippen molar-refractivity contribution in [2.24, 2.45) is 0 Å². The second-order valence-corrected chi connectivity index (χ2v) is 8.35. The highest BCUT2D eigenvalue weighted by molar-refractivity contribution is 8.00. The molecule has 1 aliphatic rings. The minimum atomic E-state index is 0.0513. The Morgan fingerprint density at radius 2 is 2.33 bits per heavy atom. The van der Waals surface area contributed by atoms with Crippen LogP contribution in [0, 0.1) is 0 Å². The van der Waals surface area contributed by atoms with E-state index in [-0.39, 0.29) is 16.8 Å². The summed E-state index contributed by atoms with van der Waals surface area (Å²) in [6.45, 7) is 8.13. The number of amides is 2. The van der Waals surface area contributed by atoms with Crippen LogP contribution in [-0.2, 0) is 0 Å². The predicted molar refractivity (Wildman–Crippen MR) is 87.5 cm³/mol. The van der Waals surface area contributed by atoms with Crippen molar-refractivity contribution in [1.82, 2.24) is 20.4 Å². The number of hydrogen-bond donors (Lipinski definition) is 2. The molecule has 6 heteroatoms. The normalized spacial score (nSPS) is 19.6. The van der Waals surface area contributed by atoms with Gasteiger partial charge in [0.15, 0.2) is 0 Å². The molecular weight excluding hydrogens is 284 g/mol. The first-order valence-corrected chi connectivity index (χ1v) is 8.63. The fourth-order valence-electron chi connectivity index (χ4n) is 2.58. The van der Waals surface area contributed by atoms with E-state index in [2.05, 4.69) is 36.3 Å². The molecule has 0 spiro atoms. The van der Waals surface area contributed by atoms with Crippen LogP contribution in [0.1, 0.15) is 51.6 Å². The molecule has 118 valence electrons. The number of carbonyl (C=O) groups excluding carboxylic acids is 1. The van der Waals surface area contributed by atoms with Crippen LogP contribution in [0.3, 0.4) is 0 Å². The summed E-state index contributed by atoms with van der Waals surface area (Å²) in [7, 11) is 0. The second-order valence-electron chi connectivity index (χ2n) is 6.43. The number of aromatic nitrogens is 2. The van der Waals surface area contributed by atoms with Gasteiger partial charge in [-0.1, -0.05) is 20.8 Å². The Hall–Kier alpha value is -1.17. The number of carbonyl (C=O) groups is 1. The fraction of sp³-hybridized carbons (Fsp3) is 0.733. The van der Waals surface area contributed by atoms with E-state index in [1.807, 2.05) is 29.1 Å². The molecule has 1 aromatic heterocycles. The third-order valence-corrected chi connectivity index (χ3v) is 4.86. The van der Waals surface area contributed by atoms with Gasteiger partial charge in [-0.2, -0.15) is 16.9 Å². The number of aromatic amines is 1. The largest absolute Gasteiger partial charge is 0.337 e. The third kappa shape index (κ3) is 4.95. The van der Waals surface area contributed by atoms with Crippen LogP contribution in [0.4, 0.5) is 4.79 Å². The Bertz CT molecular complexity index is 441. The number of hydrogen-bond acceptors (Lipinski definition) is 3. The number of thioether (sulfide) groups is 1. The van der Waals surface area contributed by atoms with Gasteiger partial charge in [-0.05, 0) is 19.3 Å². The number of likely N-dealkylation sites (tertiary alicyclic amines) is 1. The van der Waals surface area contributed by atoms with E-state index in [4.69, 9.17) is 0 Å². The Balaban J connectivity index is 1.85. The topological polar surface area (TPSA) is 61.0 Å². The molecule has 1 fully saturated rings. The zero-order valence-corrected chi connectivity index (χ0v) is 14.0. The summed E-state index contributed by atoms with van der Waals surface area (Å²) in [5, 5.41) is 9.90. The quantitative estimate of drug-likeness (QED) is 0.840. The molecule has 5 nitrogen and oxygen atoms in total. The summed E-state index contributed by atoms with van der Waals surface area (Å²) in [6, 6.07) is 0.211. The SMILES string of the molecule is CC(C)(C)SCCNC(=O)N1CCCC[C@@H]1c1cn[nH]c1. The summed E-state index contributed by atoms with van der Waals surface area (Å²) >= 11 is 1.87. The number of nitrogens with one attached hydrogen (secondary N) is 2. The molecule has 2 heterocycles. The number of rotatable bonds is 4. The van der Waals surface area contributed by atoms with Gasteiger partial charge in [0.25, 0.3) is 0 Å². The van der Waals surface area contributed by atoms with Crippen molar-refractivity contribution < 1.29 is 4.79 Å². The molecule has 1 aromatic rings. The maximum atomic E-state index is 12.4. The van der Waals surface area contributed by atoms with Gasteiger partial charge in [-0.3, -0.25) is 5.10 Å². The maximum Gasteiger partial charge on any atom is 0.317 e. The van der Waals surface area contributed by atoms with Gasteiger partial charge < -0.3 is 10.2 Å². The zero-order valence-electron chi connectivity index (χ0n) is 13.2. The van der Waals surface area contributed by atoms with Crippen molar-refractivity contribution in [1.29, 1.82) is 0 Å². The molecule has 0 bridgehead atoms. The van der Waals surface area contributed by atoms with Gasteiger partial charge in [0.05, 0.1) is 12.2 Å². The summed E-state index contributed by atoms with van der Waals surface area (Å²) in [6.07, 6.45) is 6.99. The first-order valence-electron chi connectivity index (χ1n) is 7.64. The number of piperidine rings is 1. The molecule has 1 aliphatic heterocycles. The zero-order chi connectivity index (χ0) is 15.3. The van der Waals surface area contributed by atoms with Gasteiger partial charge in [0, 0.05) is 35.3 Å². The van der Waals surface area contributed by atoms with Crippen molar-refractivity contribution in [2.75, 3.05) is 18.8 Å². The standard InChI is InChI=1S/C15H26N4OS/c1-15(2,3)21-9-7-16-14(20)19-8-5-4-6-13(19)12-10-17-18-11-12/h10-11,13H,4-9H2,1-3H3,(H,16,20)(H,17,18)/t13-/m1/s1. The molecule has 2 rings (SSSR count). The molecule has 0 radical (unpaired) electrons. The number of H-pyrrole nitrogens is 1. The lowest BCUT2D eigenvalue weighted by molar-refractivity contribution is 0.152. The first-order chi connectivity index (χ1) is 9.97. The maximum absolute atomic E-state index is 12.4. The molecular formula is C15H26N4OS. The van der Waals surface area contributed by atoms with E-state index in [1.54, 1.807) is 0 Å². The van der Waals surface area contributed by atoms with Gasteiger partial charge in [0.1, 0.15) is 0 Å².